The van der Waals surface area contributed by atoms with E-state index in [1.165, 1.54) is 0 Å². The number of aliphatic carboxylic acids is 1. The molecule has 132 valence electrons. The number of carbonyl (C=O) groups excluding carboxylic acids is 2. The molecule has 1 N–H and O–H groups in total. The standard InChI is InChI=1S/C15H17F3N2O4/c16-15(17,18)14(23)20-8-11(6-7-12(20)13(21)22)19-24-9-10-4-2-1-3-5-10/h1-5,11-12,19H,6-9H2,(H,21,22)/p-1/t11-,12+/m0/s1. The number of carboxylic acid groups (broad SMARTS) is 1. The Morgan fingerprint density at radius 1 is 1.25 bits per heavy atom. The maximum absolute atomic E-state index is 12.6. The van der Waals surface area contributed by atoms with Gasteiger partial charge < -0.3 is 14.8 Å². The number of amides is 1. The average molecular weight is 345 g/mol. The fourth-order valence-electron chi connectivity index (χ4n) is 2.52. The fraction of sp³-hybridized carbons (Fsp3) is 0.467. The Kier molecular flexibility index (Phi) is 5.79. The molecule has 1 aliphatic rings. The van der Waals surface area contributed by atoms with E-state index >= 15 is 0 Å². The van der Waals surface area contributed by atoms with E-state index < -0.39 is 36.7 Å². The topological polar surface area (TPSA) is 81.7 Å². The lowest BCUT2D eigenvalue weighted by molar-refractivity contribution is -0.313. The maximum Gasteiger partial charge on any atom is 0.471 e. The van der Waals surface area contributed by atoms with Crippen LogP contribution >= 0.6 is 0 Å². The van der Waals surface area contributed by atoms with Crippen LogP contribution in [0, 0.1) is 0 Å². The normalized spacial score (nSPS) is 21.5. The van der Waals surface area contributed by atoms with Gasteiger partial charge in [0.05, 0.1) is 18.6 Å². The Morgan fingerprint density at radius 2 is 1.92 bits per heavy atom. The number of halogens is 3. The van der Waals surface area contributed by atoms with Crippen molar-refractivity contribution in [2.24, 2.45) is 0 Å². The van der Waals surface area contributed by atoms with Gasteiger partial charge in [-0.3, -0.25) is 9.63 Å². The zero-order valence-corrected chi connectivity index (χ0v) is 12.6. The van der Waals surface area contributed by atoms with Gasteiger partial charge in [0.1, 0.15) is 0 Å². The lowest BCUT2D eigenvalue weighted by atomic mass is 9.98. The van der Waals surface area contributed by atoms with Crippen LogP contribution in [0.25, 0.3) is 0 Å². The number of alkyl halides is 3. The molecule has 24 heavy (non-hydrogen) atoms. The highest BCUT2D eigenvalue weighted by atomic mass is 19.4. The van der Waals surface area contributed by atoms with Crippen molar-refractivity contribution < 1.29 is 32.7 Å². The Labute approximate surface area is 136 Å². The van der Waals surface area contributed by atoms with E-state index in [1.807, 2.05) is 30.3 Å². The molecular formula is C15H16F3N2O4-. The van der Waals surface area contributed by atoms with E-state index in [0.29, 0.717) is 0 Å². The number of benzene rings is 1. The average Bonchev–Trinajstić information content (AvgIpc) is 2.54. The predicted octanol–water partition coefficient (Wildman–Crippen LogP) is 0.380. The largest absolute Gasteiger partial charge is 0.548 e. The van der Waals surface area contributed by atoms with Gasteiger partial charge in [-0.2, -0.15) is 18.7 Å². The summed E-state index contributed by atoms with van der Waals surface area (Å²) in [6.45, 7) is -0.236. The summed E-state index contributed by atoms with van der Waals surface area (Å²) >= 11 is 0. The Bertz CT molecular complexity index is 580. The second kappa shape index (κ2) is 7.63. The fourth-order valence-corrected chi connectivity index (χ4v) is 2.52. The molecule has 1 aliphatic heterocycles. The van der Waals surface area contributed by atoms with Crippen molar-refractivity contribution in [2.45, 2.75) is 37.7 Å². The van der Waals surface area contributed by atoms with E-state index in [2.05, 4.69) is 5.48 Å². The van der Waals surface area contributed by atoms with Crippen molar-refractivity contribution in [2.75, 3.05) is 6.54 Å². The zero-order chi connectivity index (χ0) is 17.7. The van der Waals surface area contributed by atoms with Crippen molar-refractivity contribution in [1.29, 1.82) is 0 Å². The van der Waals surface area contributed by atoms with Crippen LogP contribution in [-0.4, -0.2) is 41.6 Å². The smallest absolute Gasteiger partial charge is 0.471 e. The van der Waals surface area contributed by atoms with Crippen LogP contribution in [-0.2, 0) is 21.0 Å². The molecule has 1 aromatic carbocycles. The minimum absolute atomic E-state index is 0.142. The molecule has 0 radical (unpaired) electrons. The van der Waals surface area contributed by atoms with Gasteiger partial charge in [-0.15, -0.1) is 0 Å². The van der Waals surface area contributed by atoms with Crippen LogP contribution in [0.15, 0.2) is 30.3 Å². The molecule has 6 nitrogen and oxygen atoms in total. The number of nitrogens with one attached hydrogen (secondary N) is 1. The SMILES string of the molecule is O=C([O-])[C@H]1CC[C@H](NOCc2ccccc2)CN1C(=O)C(F)(F)F. The first-order valence-corrected chi connectivity index (χ1v) is 7.29. The second-order valence-corrected chi connectivity index (χ2v) is 5.46. The van der Waals surface area contributed by atoms with Crippen molar-refractivity contribution in [3.05, 3.63) is 35.9 Å². The van der Waals surface area contributed by atoms with Crippen LogP contribution in [0.5, 0.6) is 0 Å². The minimum Gasteiger partial charge on any atom is -0.548 e. The van der Waals surface area contributed by atoms with E-state index in [-0.39, 0.29) is 24.3 Å². The molecule has 0 bridgehead atoms. The predicted molar refractivity (Wildman–Crippen MR) is 74.0 cm³/mol. The summed E-state index contributed by atoms with van der Waals surface area (Å²) in [4.78, 5) is 27.9. The van der Waals surface area contributed by atoms with Gasteiger partial charge in [-0.05, 0) is 18.4 Å². The third-order valence-corrected chi connectivity index (χ3v) is 3.69. The van der Waals surface area contributed by atoms with Gasteiger partial charge in [-0.25, -0.2) is 0 Å². The number of hydroxylamine groups is 1. The highest BCUT2D eigenvalue weighted by Crippen LogP contribution is 2.25. The summed E-state index contributed by atoms with van der Waals surface area (Å²) < 4.78 is 37.8. The van der Waals surface area contributed by atoms with Crippen LogP contribution in [0.2, 0.25) is 0 Å². The summed E-state index contributed by atoms with van der Waals surface area (Å²) in [7, 11) is 0. The third kappa shape index (κ3) is 4.68. The van der Waals surface area contributed by atoms with Crippen LogP contribution < -0.4 is 10.6 Å². The van der Waals surface area contributed by atoms with E-state index in [9.17, 15) is 27.9 Å². The molecule has 0 spiro atoms. The molecule has 2 rings (SSSR count). The molecule has 0 aromatic heterocycles. The number of piperidine rings is 1. The Morgan fingerprint density at radius 3 is 2.50 bits per heavy atom. The van der Waals surface area contributed by atoms with Gasteiger partial charge in [0, 0.05) is 12.6 Å². The number of carbonyl (C=O) groups is 2. The Balaban J connectivity index is 1.94. The summed E-state index contributed by atoms with van der Waals surface area (Å²) in [5.41, 5.74) is 3.45. The molecule has 2 atom stereocenters. The number of rotatable bonds is 5. The first kappa shape index (κ1) is 18.2. The minimum atomic E-state index is -5.14. The monoisotopic (exact) mass is 345 g/mol. The molecule has 1 amide bonds. The van der Waals surface area contributed by atoms with Crippen molar-refractivity contribution in [3.8, 4) is 0 Å². The summed E-state index contributed by atoms with van der Waals surface area (Å²) in [6, 6.07) is 6.89. The third-order valence-electron chi connectivity index (χ3n) is 3.69. The Hall–Kier alpha value is -2.13. The molecular weight excluding hydrogens is 329 g/mol. The summed E-state index contributed by atoms with van der Waals surface area (Å²) in [5, 5.41) is 11.0. The number of hydrogen-bond acceptors (Lipinski definition) is 5. The number of carboxylic acids is 1. The second-order valence-electron chi connectivity index (χ2n) is 5.46. The van der Waals surface area contributed by atoms with Crippen molar-refractivity contribution >= 4 is 11.9 Å². The van der Waals surface area contributed by atoms with E-state index in [1.54, 1.807) is 0 Å². The highest BCUT2D eigenvalue weighted by Gasteiger charge is 2.46. The molecule has 0 aliphatic carbocycles. The van der Waals surface area contributed by atoms with Gasteiger partial charge in [0.15, 0.2) is 0 Å². The van der Waals surface area contributed by atoms with Crippen LogP contribution in [0.4, 0.5) is 13.2 Å². The zero-order valence-electron chi connectivity index (χ0n) is 12.6. The lowest BCUT2D eigenvalue weighted by Gasteiger charge is -2.40. The van der Waals surface area contributed by atoms with Gasteiger partial charge >= 0.3 is 12.1 Å². The van der Waals surface area contributed by atoms with E-state index in [0.717, 1.165) is 5.56 Å². The molecule has 1 aromatic rings. The first-order valence-electron chi connectivity index (χ1n) is 7.29. The first-order chi connectivity index (χ1) is 11.3. The molecule has 1 saturated heterocycles. The molecule has 9 heteroatoms. The number of nitrogens with zero attached hydrogens (tertiary/aromatic N) is 1. The van der Waals surface area contributed by atoms with Crippen LogP contribution in [0.1, 0.15) is 18.4 Å². The number of hydrogen-bond donors (Lipinski definition) is 1. The molecule has 0 saturated carbocycles. The van der Waals surface area contributed by atoms with Gasteiger partial charge in [0.25, 0.3) is 0 Å². The van der Waals surface area contributed by atoms with Crippen LogP contribution in [0.3, 0.4) is 0 Å². The maximum atomic E-state index is 12.6. The summed E-state index contributed by atoms with van der Waals surface area (Å²) in [5.74, 6) is -3.89. The van der Waals surface area contributed by atoms with Gasteiger partial charge in [-0.1, -0.05) is 30.3 Å². The van der Waals surface area contributed by atoms with Crippen molar-refractivity contribution in [1.82, 2.24) is 10.4 Å². The van der Waals surface area contributed by atoms with Gasteiger partial charge in [0.2, 0.25) is 0 Å². The summed E-state index contributed by atoms with van der Waals surface area (Å²) in [6.07, 6.45) is -5.04. The molecule has 1 fully saturated rings. The quantitative estimate of drug-likeness (QED) is 0.781. The highest BCUT2D eigenvalue weighted by molar-refractivity contribution is 5.86. The number of likely N-dealkylation sites (tertiary alicyclic amines) is 1. The van der Waals surface area contributed by atoms with E-state index in [4.69, 9.17) is 4.84 Å². The molecule has 1 heterocycles. The lowest BCUT2D eigenvalue weighted by Crippen LogP contribution is -2.60. The van der Waals surface area contributed by atoms with Crippen molar-refractivity contribution in [3.63, 3.8) is 0 Å². The molecule has 0 unspecified atom stereocenters.